The average molecular weight is 432 g/mol. The van der Waals surface area contributed by atoms with Gasteiger partial charge in [-0.25, -0.2) is 9.97 Å². The minimum atomic E-state index is -0.368. The van der Waals surface area contributed by atoms with Gasteiger partial charge in [-0.15, -0.1) is 0 Å². The third-order valence-corrected chi connectivity index (χ3v) is 5.06. The molecule has 0 saturated carbocycles. The molecule has 0 spiro atoms. The predicted octanol–water partition coefficient (Wildman–Crippen LogP) is 2.78. The summed E-state index contributed by atoms with van der Waals surface area (Å²) in [7, 11) is 0. The van der Waals surface area contributed by atoms with Crippen LogP contribution in [-0.2, 0) is 9.59 Å². The molecule has 3 amide bonds. The van der Waals surface area contributed by atoms with Gasteiger partial charge in [0.2, 0.25) is 11.9 Å². The normalized spacial score (nSPS) is 15.1. The number of hydrogen-bond donors (Lipinski definition) is 2. The van der Waals surface area contributed by atoms with Crippen molar-refractivity contribution in [2.75, 3.05) is 25.0 Å². The number of hydrogen-bond acceptors (Lipinski definition) is 7. The van der Waals surface area contributed by atoms with Crippen LogP contribution in [0.25, 0.3) is 6.08 Å². The minimum absolute atomic E-state index is 0.115. The zero-order valence-electron chi connectivity index (χ0n) is 15.3. The Kier molecular flexibility index (Phi) is 7.20. The molecule has 8 nitrogen and oxygen atoms in total. The smallest absolute Gasteiger partial charge is 0.293 e. The molecule has 0 radical (unpaired) electrons. The van der Waals surface area contributed by atoms with Gasteiger partial charge in [0.05, 0.1) is 4.91 Å². The largest absolute Gasteiger partial charge is 0.354 e. The molecule has 3 rings (SSSR count). The lowest BCUT2D eigenvalue weighted by Gasteiger charge is -2.13. The zero-order valence-corrected chi connectivity index (χ0v) is 16.9. The number of amides is 3. The van der Waals surface area contributed by atoms with Crippen molar-refractivity contribution in [2.24, 2.45) is 0 Å². The predicted molar refractivity (Wildman–Crippen MR) is 112 cm³/mol. The van der Waals surface area contributed by atoms with E-state index in [0.717, 1.165) is 22.2 Å². The van der Waals surface area contributed by atoms with Gasteiger partial charge in [0.1, 0.15) is 0 Å². The second-order valence-corrected chi connectivity index (χ2v) is 7.41. The van der Waals surface area contributed by atoms with E-state index in [9.17, 15) is 14.4 Å². The summed E-state index contributed by atoms with van der Waals surface area (Å²) in [6.07, 6.45) is 5.08. The Labute approximate surface area is 176 Å². The molecule has 1 aromatic carbocycles. The van der Waals surface area contributed by atoms with Gasteiger partial charge in [-0.1, -0.05) is 23.7 Å². The summed E-state index contributed by atoms with van der Waals surface area (Å²) >= 11 is 6.73. The molecule has 2 heterocycles. The number of benzene rings is 1. The first-order valence-electron chi connectivity index (χ1n) is 8.81. The highest BCUT2D eigenvalue weighted by Crippen LogP contribution is 2.32. The molecule has 2 N–H and O–H groups in total. The van der Waals surface area contributed by atoms with E-state index in [2.05, 4.69) is 20.6 Å². The monoisotopic (exact) mass is 431 g/mol. The first kappa shape index (κ1) is 20.8. The Bertz CT molecular complexity index is 921. The fourth-order valence-corrected chi connectivity index (χ4v) is 3.47. The molecule has 0 bridgehead atoms. The Hall–Kier alpha value is -2.91. The van der Waals surface area contributed by atoms with Crippen LogP contribution in [0.1, 0.15) is 12.0 Å². The van der Waals surface area contributed by atoms with Crippen molar-refractivity contribution in [3.63, 3.8) is 0 Å². The zero-order chi connectivity index (χ0) is 20.6. The summed E-state index contributed by atoms with van der Waals surface area (Å²) in [5, 5.41) is 5.87. The molecule has 29 heavy (non-hydrogen) atoms. The van der Waals surface area contributed by atoms with E-state index in [1.165, 1.54) is 0 Å². The summed E-state index contributed by atoms with van der Waals surface area (Å²) in [4.78, 5) is 45.9. The Morgan fingerprint density at radius 1 is 1.14 bits per heavy atom. The third-order valence-electron chi connectivity index (χ3n) is 3.90. The van der Waals surface area contributed by atoms with Crippen molar-refractivity contribution in [1.82, 2.24) is 20.2 Å². The van der Waals surface area contributed by atoms with Gasteiger partial charge >= 0.3 is 0 Å². The quantitative estimate of drug-likeness (QED) is 0.619. The standard InChI is InChI=1S/C19H18ClN5O3S/c20-14-4-2-13(3-5-14)12-15-17(27)25(19(28)29-15)11-10-21-16(26)6-9-24-18-22-7-1-8-23-18/h1-5,7-8,12H,6,9-11H2,(H,21,26)(H,22,23,24)/b15-12-. The molecule has 1 fully saturated rings. The molecule has 1 aliphatic heterocycles. The van der Waals surface area contributed by atoms with Crippen molar-refractivity contribution in [3.8, 4) is 0 Å². The maximum absolute atomic E-state index is 12.4. The van der Waals surface area contributed by atoms with E-state index in [0.29, 0.717) is 22.4 Å². The molecular weight excluding hydrogens is 414 g/mol. The number of halogens is 1. The Morgan fingerprint density at radius 3 is 2.59 bits per heavy atom. The summed E-state index contributed by atoms with van der Waals surface area (Å²) in [5.74, 6) is -0.116. The highest BCUT2D eigenvalue weighted by Gasteiger charge is 2.34. The first-order valence-corrected chi connectivity index (χ1v) is 10.0. The van der Waals surface area contributed by atoms with Crippen LogP contribution in [0.5, 0.6) is 0 Å². The van der Waals surface area contributed by atoms with Gasteiger partial charge in [0.25, 0.3) is 11.1 Å². The number of anilines is 1. The fourth-order valence-electron chi connectivity index (χ4n) is 2.48. The van der Waals surface area contributed by atoms with Crippen molar-refractivity contribution >= 4 is 52.4 Å². The average Bonchev–Trinajstić information content (AvgIpc) is 2.98. The van der Waals surface area contributed by atoms with Crippen LogP contribution in [0.3, 0.4) is 0 Å². The maximum atomic E-state index is 12.4. The second-order valence-electron chi connectivity index (χ2n) is 5.98. The van der Waals surface area contributed by atoms with Gasteiger partial charge in [0, 0.05) is 43.5 Å². The number of nitrogens with zero attached hydrogens (tertiary/aromatic N) is 3. The number of nitrogens with one attached hydrogen (secondary N) is 2. The van der Waals surface area contributed by atoms with Crippen molar-refractivity contribution < 1.29 is 14.4 Å². The molecule has 150 valence electrons. The van der Waals surface area contributed by atoms with Crippen LogP contribution in [0.4, 0.5) is 10.7 Å². The Morgan fingerprint density at radius 2 is 1.86 bits per heavy atom. The summed E-state index contributed by atoms with van der Waals surface area (Å²) in [6.45, 7) is 0.678. The second kappa shape index (κ2) is 10.0. The van der Waals surface area contributed by atoms with Gasteiger partial charge in [-0.3, -0.25) is 19.3 Å². The van der Waals surface area contributed by atoms with Crippen molar-refractivity contribution in [1.29, 1.82) is 0 Å². The third kappa shape index (κ3) is 6.03. The van der Waals surface area contributed by atoms with Gasteiger partial charge in [0.15, 0.2) is 0 Å². The van der Waals surface area contributed by atoms with E-state index in [-0.39, 0.29) is 36.6 Å². The van der Waals surface area contributed by atoms with Crippen LogP contribution in [0, 0.1) is 0 Å². The van der Waals surface area contributed by atoms with Crippen LogP contribution in [-0.4, -0.2) is 51.6 Å². The van der Waals surface area contributed by atoms with Crippen LogP contribution >= 0.6 is 23.4 Å². The summed E-state index contributed by atoms with van der Waals surface area (Å²) < 4.78 is 0. The SMILES string of the molecule is O=C(CCNc1ncccn1)NCCN1C(=O)S/C(=C\c2ccc(Cl)cc2)C1=O. The van der Waals surface area contributed by atoms with Crippen LogP contribution in [0.2, 0.25) is 5.02 Å². The minimum Gasteiger partial charge on any atom is -0.354 e. The van der Waals surface area contributed by atoms with Crippen molar-refractivity contribution in [3.05, 3.63) is 58.2 Å². The molecule has 1 saturated heterocycles. The summed E-state index contributed by atoms with van der Waals surface area (Å²) in [6, 6.07) is 8.67. The molecular formula is C19H18ClN5O3S. The molecule has 10 heteroatoms. The van der Waals surface area contributed by atoms with Gasteiger partial charge in [-0.2, -0.15) is 0 Å². The molecule has 0 unspecified atom stereocenters. The van der Waals surface area contributed by atoms with E-state index in [1.807, 2.05) is 0 Å². The van der Waals surface area contributed by atoms with Crippen LogP contribution in [0.15, 0.2) is 47.6 Å². The highest BCUT2D eigenvalue weighted by atomic mass is 35.5. The molecule has 1 aromatic heterocycles. The van der Waals surface area contributed by atoms with Gasteiger partial charge < -0.3 is 10.6 Å². The summed E-state index contributed by atoms with van der Waals surface area (Å²) in [5.41, 5.74) is 0.781. The number of carbonyl (C=O) groups excluding carboxylic acids is 3. The maximum Gasteiger partial charge on any atom is 0.293 e. The lowest BCUT2D eigenvalue weighted by molar-refractivity contribution is -0.124. The van der Waals surface area contributed by atoms with E-state index < -0.39 is 0 Å². The molecule has 0 atom stereocenters. The lowest BCUT2D eigenvalue weighted by Crippen LogP contribution is -2.37. The van der Waals surface area contributed by atoms with Crippen molar-refractivity contribution in [2.45, 2.75) is 6.42 Å². The fraction of sp³-hybridized carbons (Fsp3) is 0.211. The number of thioether (sulfide) groups is 1. The molecule has 2 aromatic rings. The molecule has 0 aliphatic carbocycles. The highest BCUT2D eigenvalue weighted by molar-refractivity contribution is 8.18. The number of imide groups is 1. The van der Waals surface area contributed by atoms with E-state index >= 15 is 0 Å². The number of rotatable bonds is 8. The topological polar surface area (TPSA) is 104 Å². The first-order chi connectivity index (χ1) is 14.0. The van der Waals surface area contributed by atoms with E-state index in [4.69, 9.17) is 11.6 Å². The number of aromatic nitrogens is 2. The van der Waals surface area contributed by atoms with Gasteiger partial charge in [-0.05, 0) is 41.6 Å². The number of carbonyl (C=O) groups is 3. The Balaban J connectivity index is 1.43. The lowest BCUT2D eigenvalue weighted by atomic mass is 10.2. The van der Waals surface area contributed by atoms with Crippen LogP contribution < -0.4 is 10.6 Å². The molecule has 1 aliphatic rings. The van der Waals surface area contributed by atoms with E-state index in [1.54, 1.807) is 48.8 Å².